The highest BCUT2D eigenvalue weighted by Crippen LogP contribution is 2.42. The van der Waals surface area contributed by atoms with Crippen LogP contribution in [0, 0.1) is 0 Å². The van der Waals surface area contributed by atoms with Crippen molar-refractivity contribution in [3.05, 3.63) is 88.8 Å². The fraction of sp³-hybridized carbons (Fsp3) is 0.250. The molecular formula is C24H24N4O. The van der Waals surface area contributed by atoms with Gasteiger partial charge in [0.2, 0.25) is 0 Å². The zero-order chi connectivity index (χ0) is 20.0. The lowest BCUT2D eigenvalue weighted by Gasteiger charge is -2.35. The van der Waals surface area contributed by atoms with Gasteiger partial charge in [-0.05, 0) is 23.3 Å². The summed E-state index contributed by atoms with van der Waals surface area (Å²) in [6, 6.07) is 19.2. The predicted octanol–water partition coefficient (Wildman–Crippen LogP) is 3.49. The Bertz CT molecular complexity index is 1100. The average Bonchev–Trinajstić information content (AvgIpc) is 3.53. The van der Waals surface area contributed by atoms with E-state index in [1.54, 1.807) is 0 Å². The lowest BCUT2D eigenvalue weighted by atomic mass is 9.68. The van der Waals surface area contributed by atoms with Gasteiger partial charge >= 0.3 is 0 Å². The van der Waals surface area contributed by atoms with Gasteiger partial charge in [0, 0.05) is 56.0 Å². The maximum atomic E-state index is 12.6. The van der Waals surface area contributed by atoms with Crippen LogP contribution in [-0.2, 0) is 11.8 Å². The summed E-state index contributed by atoms with van der Waals surface area (Å²) in [5.74, 6) is 0.0222. The zero-order valence-corrected chi connectivity index (χ0v) is 16.7. The number of anilines is 1. The fourth-order valence-corrected chi connectivity index (χ4v) is 4.19. The van der Waals surface area contributed by atoms with E-state index in [1.165, 1.54) is 16.8 Å². The molecule has 1 aromatic heterocycles. The van der Waals surface area contributed by atoms with Crippen LogP contribution in [0.5, 0.6) is 0 Å². The minimum Gasteiger partial charge on any atom is -0.378 e. The summed E-state index contributed by atoms with van der Waals surface area (Å²) >= 11 is 0. The van der Waals surface area contributed by atoms with Crippen LogP contribution in [0.2, 0.25) is 0 Å². The molecule has 3 aromatic rings. The van der Waals surface area contributed by atoms with Crippen LogP contribution in [0.1, 0.15) is 32.9 Å². The van der Waals surface area contributed by atoms with Crippen LogP contribution in [-0.4, -0.2) is 48.2 Å². The molecule has 29 heavy (non-hydrogen) atoms. The monoisotopic (exact) mass is 384 g/mol. The number of hydrogen-bond acceptors (Lipinski definition) is 3. The minimum atomic E-state index is -0.313. The average molecular weight is 384 g/mol. The number of aromatic amines is 1. The van der Waals surface area contributed by atoms with Crippen molar-refractivity contribution in [1.82, 2.24) is 15.1 Å². The molecule has 5 rings (SSSR count). The zero-order valence-electron chi connectivity index (χ0n) is 16.7. The fourth-order valence-electron chi connectivity index (χ4n) is 4.19. The van der Waals surface area contributed by atoms with Gasteiger partial charge in [-0.2, -0.15) is 5.10 Å². The quantitative estimate of drug-likeness (QED) is 0.701. The van der Waals surface area contributed by atoms with E-state index in [-0.39, 0.29) is 11.3 Å². The van der Waals surface area contributed by atoms with Crippen LogP contribution in [0.25, 0.3) is 6.08 Å². The third-order valence-electron chi connectivity index (χ3n) is 5.98. The summed E-state index contributed by atoms with van der Waals surface area (Å²) in [4.78, 5) is 16.5. The Kier molecular flexibility index (Phi) is 4.05. The van der Waals surface area contributed by atoms with Crippen molar-refractivity contribution in [2.45, 2.75) is 11.8 Å². The summed E-state index contributed by atoms with van der Waals surface area (Å²) in [6.45, 7) is 1.66. The number of benzene rings is 2. The molecule has 5 heteroatoms. The van der Waals surface area contributed by atoms with Crippen LogP contribution >= 0.6 is 0 Å². The van der Waals surface area contributed by atoms with Crippen LogP contribution in [0.15, 0.2) is 60.7 Å². The number of rotatable bonds is 4. The second-order valence-corrected chi connectivity index (χ2v) is 8.05. The van der Waals surface area contributed by atoms with Crippen molar-refractivity contribution >= 4 is 17.7 Å². The summed E-state index contributed by atoms with van der Waals surface area (Å²) in [7, 11) is 4.12. The number of nitrogens with zero attached hydrogens (tertiary/aromatic N) is 3. The summed E-state index contributed by atoms with van der Waals surface area (Å²) < 4.78 is 0. The van der Waals surface area contributed by atoms with E-state index in [4.69, 9.17) is 0 Å². The van der Waals surface area contributed by atoms with Gasteiger partial charge in [-0.1, -0.05) is 54.6 Å². The first-order chi connectivity index (χ1) is 14.1. The lowest BCUT2D eigenvalue weighted by molar-refractivity contribution is 0.0880. The van der Waals surface area contributed by atoms with Gasteiger partial charge in [0.15, 0.2) is 5.69 Å². The molecule has 0 radical (unpaired) electrons. The van der Waals surface area contributed by atoms with E-state index in [9.17, 15) is 4.79 Å². The first-order valence-electron chi connectivity index (χ1n) is 9.98. The normalized spacial score (nSPS) is 19.7. The van der Waals surface area contributed by atoms with E-state index in [0.717, 1.165) is 30.8 Å². The molecule has 1 amide bonds. The molecule has 0 spiro atoms. The van der Waals surface area contributed by atoms with Gasteiger partial charge in [0.05, 0.1) is 0 Å². The Morgan fingerprint density at radius 2 is 1.83 bits per heavy atom. The summed E-state index contributed by atoms with van der Waals surface area (Å²) in [5, 5.41) is 7.54. The highest BCUT2D eigenvalue weighted by atomic mass is 16.2. The number of carbonyl (C=O) groups is 1. The van der Waals surface area contributed by atoms with Crippen molar-refractivity contribution in [2.24, 2.45) is 0 Å². The largest absolute Gasteiger partial charge is 0.378 e. The predicted molar refractivity (Wildman–Crippen MR) is 115 cm³/mol. The first kappa shape index (κ1) is 17.7. The minimum absolute atomic E-state index is 0.0222. The highest BCUT2D eigenvalue weighted by Gasteiger charge is 2.38. The molecule has 1 fully saturated rings. The first-order valence-corrected chi connectivity index (χ1v) is 9.98. The molecule has 2 aliphatic rings. The number of allylic oxidation sites excluding steroid dienone is 1. The number of H-pyrrole nitrogens is 1. The Hall–Kier alpha value is -3.34. The Labute approximate surface area is 170 Å². The topological polar surface area (TPSA) is 52.0 Å². The summed E-state index contributed by atoms with van der Waals surface area (Å²) in [6.07, 6.45) is 5.06. The van der Waals surface area contributed by atoms with Gasteiger partial charge in [-0.3, -0.25) is 9.89 Å². The standard InChI is InChI=1S/C24H24N4O/c1-27(2)19-10-6-9-18(15-19)24(17-7-4-3-5-8-17)12-11-20-21(16-24)25-26-22(20)23(29)28-13-14-28/h3-12,15H,13-14,16H2,1-2H3,(H,25,26). The second-order valence-electron chi connectivity index (χ2n) is 8.05. The van der Waals surface area contributed by atoms with Gasteiger partial charge in [0.25, 0.3) is 5.91 Å². The van der Waals surface area contributed by atoms with Crippen LogP contribution in [0.3, 0.4) is 0 Å². The van der Waals surface area contributed by atoms with Crippen LogP contribution in [0.4, 0.5) is 5.69 Å². The van der Waals surface area contributed by atoms with Crippen molar-refractivity contribution in [2.75, 3.05) is 32.1 Å². The van der Waals surface area contributed by atoms with Crippen LogP contribution < -0.4 is 4.90 Å². The molecule has 1 aliphatic carbocycles. The van der Waals surface area contributed by atoms with Crippen molar-refractivity contribution < 1.29 is 4.79 Å². The van der Waals surface area contributed by atoms with E-state index in [2.05, 4.69) is 89.9 Å². The molecular weight excluding hydrogens is 360 g/mol. The van der Waals surface area contributed by atoms with E-state index in [0.29, 0.717) is 5.69 Å². The second kappa shape index (κ2) is 6.62. The summed E-state index contributed by atoms with van der Waals surface area (Å²) in [5.41, 5.74) is 5.79. The van der Waals surface area contributed by atoms with E-state index < -0.39 is 0 Å². The Morgan fingerprint density at radius 3 is 2.55 bits per heavy atom. The van der Waals surface area contributed by atoms with Crippen molar-refractivity contribution in [1.29, 1.82) is 0 Å². The van der Waals surface area contributed by atoms with Crippen molar-refractivity contribution in [3.63, 3.8) is 0 Å². The number of amides is 1. The van der Waals surface area contributed by atoms with E-state index in [1.807, 2.05) is 11.0 Å². The molecule has 1 N–H and O–H groups in total. The smallest absolute Gasteiger partial charge is 0.275 e. The maximum absolute atomic E-state index is 12.6. The molecule has 0 bridgehead atoms. The van der Waals surface area contributed by atoms with Gasteiger partial charge < -0.3 is 9.80 Å². The van der Waals surface area contributed by atoms with E-state index >= 15 is 0 Å². The third kappa shape index (κ3) is 2.94. The molecule has 1 unspecified atom stereocenters. The molecule has 1 saturated heterocycles. The van der Waals surface area contributed by atoms with Gasteiger partial charge in [-0.15, -0.1) is 0 Å². The number of carbonyl (C=O) groups excluding carboxylic acids is 1. The van der Waals surface area contributed by atoms with Crippen molar-refractivity contribution in [3.8, 4) is 0 Å². The number of hydrogen-bond donors (Lipinski definition) is 1. The number of fused-ring (bicyclic) bond motifs is 1. The molecule has 2 heterocycles. The third-order valence-corrected chi connectivity index (χ3v) is 5.98. The van der Waals surface area contributed by atoms with Gasteiger partial charge in [-0.25, -0.2) is 0 Å². The Morgan fingerprint density at radius 1 is 1.07 bits per heavy atom. The molecule has 5 nitrogen and oxygen atoms in total. The molecule has 146 valence electrons. The SMILES string of the molecule is CN(C)c1cccc(C2(c3ccccc3)C=Cc3c(C(=O)N4CC4)n[nH]c3C2)c1. The molecule has 2 aromatic carbocycles. The molecule has 0 saturated carbocycles. The lowest BCUT2D eigenvalue weighted by Crippen LogP contribution is -2.31. The highest BCUT2D eigenvalue weighted by molar-refractivity contribution is 5.97. The Balaban J connectivity index is 1.64. The number of aromatic nitrogens is 2. The van der Waals surface area contributed by atoms with Gasteiger partial charge in [0.1, 0.15) is 0 Å². The molecule has 1 atom stereocenters. The molecule has 1 aliphatic heterocycles. The number of nitrogens with one attached hydrogen (secondary N) is 1. The maximum Gasteiger partial charge on any atom is 0.275 e.